The SMILES string of the molecule is CNC(c1csc(I)c1)c1c(OC)cc(OC)cc1OC. The molecule has 0 radical (unpaired) electrons. The molecule has 0 aliphatic rings. The molecule has 0 aliphatic heterocycles. The van der Waals surface area contributed by atoms with Gasteiger partial charge in [-0.3, -0.25) is 0 Å². The molecule has 2 rings (SSSR count). The summed E-state index contributed by atoms with van der Waals surface area (Å²) in [5, 5.41) is 5.48. The number of ether oxygens (including phenoxy) is 3. The molecule has 0 bridgehead atoms. The van der Waals surface area contributed by atoms with E-state index in [1.54, 1.807) is 32.7 Å². The molecule has 0 spiro atoms. The second-order valence-corrected chi connectivity index (χ2v) is 7.16. The molecule has 1 atom stereocenters. The molecule has 0 fully saturated rings. The van der Waals surface area contributed by atoms with E-state index >= 15 is 0 Å². The smallest absolute Gasteiger partial charge is 0.131 e. The quantitative estimate of drug-likeness (QED) is 0.726. The minimum Gasteiger partial charge on any atom is -0.496 e. The molecule has 1 aromatic heterocycles. The van der Waals surface area contributed by atoms with E-state index in [1.165, 1.54) is 8.45 Å². The van der Waals surface area contributed by atoms with Gasteiger partial charge in [0.25, 0.3) is 0 Å². The number of hydrogen-bond acceptors (Lipinski definition) is 5. The third-order valence-corrected chi connectivity index (χ3v) is 5.06. The lowest BCUT2D eigenvalue weighted by atomic mass is 9.99. The monoisotopic (exact) mass is 419 g/mol. The van der Waals surface area contributed by atoms with E-state index in [2.05, 4.69) is 39.4 Å². The molecule has 0 saturated carbocycles. The van der Waals surface area contributed by atoms with Gasteiger partial charge in [0, 0.05) is 12.1 Å². The van der Waals surface area contributed by atoms with E-state index in [-0.39, 0.29) is 6.04 Å². The van der Waals surface area contributed by atoms with Crippen molar-refractivity contribution in [2.75, 3.05) is 28.4 Å². The van der Waals surface area contributed by atoms with Crippen molar-refractivity contribution in [3.8, 4) is 17.2 Å². The van der Waals surface area contributed by atoms with Crippen LogP contribution in [0, 0.1) is 2.88 Å². The largest absolute Gasteiger partial charge is 0.496 e. The lowest BCUT2D eigenvalue weighted by Gasteiger charge is -2.22. The molecular formula is C15H18INO3S. The Morgan fingerprint density at radius 1 is 1.05 bits per heavy atom. The topological polar surface area (TPSA) is 39.7 Å². The van der Waals surface area contributed by atoms with Gasteiger partial charge in [-0.25, -0.2) is 0 Å². The van der Waals surface area contributed by atoms with Gasteiger partial charge in [-0.15, -0.1) is 11.3 Å². The molecule has 0 saturated heterocycles. The van der Waals surface area contributed by atoms with Crippen molar-refractivity contribution in [1.82, 2.24) is 5.32 Å². The van der Waals surface area contributed by atoms with Gasteiger partial charge >= 0.3 is 0 Å². The van der Waals surface area contributed by atoms with Crippen LogP contribution in [0.3, 0.4) is 0 Å². The summed E-state index contributed by atoms with van der Waals surface area (Å²) in [5.74, 6) is 2.20. The number of benzene rings is 1. The van der Waals surface area contributed by atoms with Gasteiger partial charge in [-0.2, -0.15) is 0 Å². The van der Waals surface area contributed by atoms with Crippen LogP contribution in [0.15, 0.2) is 23.6 Å². The summed E-state index contributed by atoms with van der Waals surface area (Å²) in [6, 6.07) is 5.91. The lowest BCUT2D eigenvalue weighted by molar-refractivity contribution is 0.364. The van der Waals surface area contributed by atoms with Gasteiger partial charge < -0.3 is 19.5 Å². The second-order valence-electron chi connectivity index (χ2n) is 4.35. The fourth-order valence-corrected chi connectivity index (χ4v) is 3.67. The number of rotatable bonds is 6. The van der Waals surface area contributed by atoms with Crippen LogP contribution in [0.1, 0.15) is 17.2 Å². The normalized spacial score (nSPS) is 12.0. The maximum Gasteiger partial charge on any atom is 0.131 e. The first-order chi connectivity index (χ1) is 10.1. The predicted molar refractivity (Wildman–Crippen MR) is 94.0 cm³/mol. The fourth-order valence-electron chi connectivity index (χ4n) is 2.27. The van der Waals surface area contributed by atoms with Crippen LogP contribution in [0.25, 0.3) is 0 Å². The first kappa shape index (κ1) is 16.4. The summed E-state index contributed by atoms with van der Waals surface area (Å²) >= 11 is 4.04. The summed E-state index contributed by atoms with van der Waals surface area (Å²) in [4.78, 5) is 0. The molecule has 114 valence electrons. The second kappa shape index (κ2) is 7.33. The van der Waals surface area contributed by atoms with Crippen molar-refractivity contribution in [2.45, 2.75) is 6.04 Å². The Morgan fingerprint density at radius 2 is 1.67 bits per heavy atom. The number of halogens is 1. The Kier molecular flexibility index (Phi) is 5.72. The highest BCUT2D eigenvalue weighted by Crippen LogP contribution is 2.41. The Bertz CT molecular complexity index is 590. The van der Waals surface area contributed by atoms with Gasteiger partial charge in [-0.1, -0.05) is 0 Å². The molecule has 6 heteroatoms. The van der Waals surface area contributed by atoms with Crippen molar-refractivity contribution in [1.29, 1.82) is 0 Å². The molecule has 1 aromatic carbocycles. The molecule has 1 heterocycles. The van der Waals surface area contributed by atoms with Crippen LogP contribution in [0.5, 0.6) is 17.2 Å². The first-order valence-corrected chi connectivity index (χ1v) is 8.31. The van der Waals surface area contributed by atoms with Gasteiger partial charge in [0.2, 0.25) is 0 Å². The minimum absolute atomic E-state index is 0.000530. The van der Waals surface area contributed by atoms with Crippen LogP contribution < -0.4 is 19.5 Å². The predicted octanol–water partition coefficient (Wildman–Crippen LogP) is 3.69. The van der Waals surface area contributed by atoms with Crippen molar-refractivity contribution in [3.63, 3.8) is 0 Å². The summed E-state index contributed by atoms with van der Waals surface area (Å²) in [6.07, 6.45) is 0. The number of nitrogens with one attached hydrogen (secondary N) is 1. The molecule has 2 aromatic rings. The zero-order valence-corrected chi connectivity index (χ0v) is 15.4. The molecular weight excluding hydrogens is 401 g/mol. The summed E-state index contributed by atoms with van der Waals surface area (Å²) in [5.41, 5.74) is 2.16. The van der Waals surface area contributed by atoms with E-state index in [1.807, 2.05) is 19.2 Å². The van der Waals surface area contributed by atoms with Gasteiger partial charge in [0.05, 0.1) is 35.8 Å². The summed E-state index contributed by atoms with van der Waals surface area (Å²) in [7, 11) is 6.87. The minimum atomic E-state index is 0.000530. The Morgan fingerprint density at radius 3 is 2.05 bits per heavy atom. The highest BCUT2D eigenvalue weighted by molar-refractivity contribution is 14.1. The van der Waals surface area contributed by atoms with Gasteiger partial charge in [0.1, 0.15) is 17.2 Å². The van der Waals surface area contributed by atoms with Crippen LogP contribution >= 0.6 is 33.9 Å². The fraction of sp³-hybridized carbons (Fsp3) is 0.333. The van der Waals surface area contributed by atoms with Crippen molar-refractivity contribution >= 4 is 33.9 Å². The van der Waals surface area contributed by atoms with Gasteiger partial charge in [-0.05, 0) is 46.6 Å². The molecule has 1 unspecified atom stereocenters. The van der Waals surface area contributed by atoms with Crippen LogP contribution in [0.2, 0.25) is 0 Å². The molecule has 0 amide bonds. The van der Waals surface area contributed by atoms with Gasteiger partial charge in [0.15, 0.2) is 0 Å². The first-order valence-electron chi connectivity index (χ1n) is 6.35. The zero-order valence-electron chi connectivity index (χ0n) is 12.4. The summed E-state index contributed by atoms with van der Waals surface area (Å²) in [6.45, 7) is 0. The Labute approximate surface area is 142 Å². The van der Waals surface area contributed by atoms with E-state index in [9.17, 15) is 0 Å². The highest BCUT2D eigenvalue weighted by Gasteiger charge is 2.23. The van der Waals surface area contributed by atoms with Crippen LogP contribution in [-0.4, -0.2) is 28.4 Å². The maximum absolute atomic E-state index is 5.54. The van der Waals surface area contributed by atoms with E-state index < -0.39 is 0 Å². The molecule has 21 heavy (non-hydrogen) atoms. The third-order valence-electron chi connectivity index (χ3n) is 3.25. The lowest BCUT2D eigenvalue weighted by Crippen LogP contribution is -2.19. The van der Waals surface area contributed by atoms with Crippen molar-refractivity contribution in [2.24, 2.45) is 0 Å². The molecule has 0 aliphatic carbocycles. The van der Waals surface area contributed by atoms with Crippen molar-refractivity contribution < 1.29 is 14.2 Å². The standard InChI is InChI=1S/C15H18INO3S/c1-17-15(9-5-13(16)21-8-9)14-11(19-3)6-10(18-2)7-12(14)20-4/h5-8,15,17H,1-4H3. The van der Waals surface area contributed by atoms with Crippen molar-refractivity contribution in [3.05, 3.63) is 37.6 Å². The average Bonchev–Trinajstić information content (AvgIpc) is 2.94. The zero-order chi connectivity index (χ0) is 15.4. The number of thiophene rings is 1. The molecule has 4 nitrogen and oxygen atoms in total. The number of hydrogen-bond donors (Lipinski definition) is 1. The molecule has 1 N–H and O–H groups in total. The number of methoxy groups -OCH3 is 3. The highest BCUT2D eigenvalue weighted by atomic mass is 127. The third kappa shape index (κ3) is 3.44. The van der Waals surface area contributed by atoms with Crippen LogP contribution in [0.4, 0.5) is 0 Å². The van der Waals surface area contributed by atoms with E-state index in [0.717, 1.165) is 17.1 Å². The van der Waals surface area contributed by atoms with E-state index in [4.69, 9.17) is 14.2 Å². The maximum atomic E-state index is 5.54. The van der Waals surface area contributed by atoms with Crippen LogP contribution in [-0.2, 0) is 0 Å². The Hall–Kier alpha value is -0.990. The summed E-state index contributed by atoms with van der Waals surface area (Å²) < 4.78 is 17.6. The Balaban J connectivity index is 2.58. The van der Waals surface area contributed by atoms with E-state index in [0.29, 0.717) is 5.75 Å². The average molecular weight is 419 g/mol.